The van der Waals surface area contributed by atoms with Crippen LogP contribution >= 0.6 is 0 Å². The van der Waals surface area contributed by atoms with E-state index in [1.165, 1.54) is 12.1 Å². The Morgan fingerprint density at radius 1 is 0.826 bits per heavy atom. The molecule has 2 nitrogen and oxygen atoms in total. The molecule has 0 aliphatic heterocycles. The molecular weight excluding hydrogens is 296 g/mol. The van der Waals surface area contributed by atoms with Gasteiger partial charge in [-0.3, -0.25) is 0 Å². The molecule has 0 saturated carbocycles. The Kier molecular flexibility index (Phi) is 4.24. The summed E-state index contributed by atoms with van der Waals surface area (Å²) in [6.45, 7) is 0.251. The second kappa shape index (κ2) is 6.48. The van der Waals surface area contributed by atoms with Gasteiger partial charge in [-0.05, 0) is 23.3 Å². The van der Waals surface area contributed by atoms with E-state index < -0.39 is 11.6 Å². The van der Waals surface area contributed by atoms with Gasteiger partial charge in [-0.1, -0.05) is 42.5 Å². The number of benzene rings is 3. The largest absolute Gasteiger partial charge is 0.489 e. The van der Waals surface area contributed by atoms with Crippen LogP contribution in [0.1, 0.15) is 5.56 Å². The van der Waals surface area contributed by atoms with Crippen molar-refractivity contribution < 1.29 is 13.5 Å². The van der Waals surface area contributed by atoms with Crippen molar-refractivity contribution in [1.82, 2.24) is 0 Å². The van der Waals surface area contributed by atoms with E-state index in [1.807, 2.05) is 30.3 Å². The summed E-state index contributed by atoms with van der Waals surface area (Å²) in [5.74, 6) is -1.18. The second-order valence-corrected chi connectivity index (χ2v) is 5.16. The quantitative estimate of drug-likeness (QED) is 0.703. The third-order valence-corrected chi connectivity index (χ3v) is 3.46. The number of nitrogens with two attached hydrogens (primary N) is 1. The molecule has 0 aliphatic rings. The molecule has 0 amide bonds. The molecule has 0 spiro atoms. The Morgan fingerprint density at radius 2 is 1.43 bits per heavy atom. The van der Waals surface area contributed by atoms with Crippen LogP contribution in [-0.4, -0.2) is 0 Å². The van der Waals surface area contributed by atoms with Crippen LogP contribution in [0, 0.1) is 11.6 Å². The van der Waals surface area contributed by atoms with E-state index in [2.05, 4.69) is 0 Å². The number of nitrogen functional groups attached to an aromatic ring is 1. The molecule has 0 aromatic heterocycles. The highest BCUT2D eigenvalue weighted by molar-refractivity contribution is 5.67. The highest BCUT2D eigenvalue weighted by Crippen LogP contribution is 2.30. The van der Waals surface area contributed by atoms with Crippen molar-refractivity contribution in [3.63, 3.8) is 0 Å². The van der Waals surface area contributed by atoms with Crippen molar-refractivity contribution in [2.24, 2.45) is 0 Å². The first-order chi connectivity index (χ1) is 11.1. The first kappa shape index (κ1) is 15.0. The van der Waals surface area contributed by atoms with Crippen molar-refractivity contribution in [1.29, 1.82) is 0 Å². The van der Waals surface area contributed by atoms with Gasteiger partial charge in [0.15, 0.2) is 0 Å². The molecule has 4 heteroatoms. The van der Waals surface area contributed by atoms with Gasteiger partial charge in [-0.25, -0.2) is 8.78 Å². The summed E-state index contributed by atoms with van der Waals surface area (Å²) in [6.07, 6.45) is 0. The van der Waals surface area contributed by atoms with Gasteiger partial charge in [0.25, 0.3) is 0 Å². The molecule has 2 N–H and O–H groups in total. The molecular formula is C19H15F2NO. The van der Waals surface area contributed by atoms with Gasteiger partial charge < -0.3 is 10.5 Å². The van der Waals surface area contributed by atoms with E-state index in [0.29, 0.717) is 11.3 Å². The first-order valence-electron chi connectivity index (χ1n) is 7.15. The standard InChI is InChI=1S/C19H15F2NO/c20-17-10-16(23-12-13-4-2-1-3-5-13)11-18(21)19(17)14-6-8-15(22)9-7-14/h1-11H,12,22H2. The third-order valence-electron chi connectivity index (χ3n) is 3.46. The highest BCUT2D eigenvalue weighted by atomic mass is 19.1. The average molecular weight is 311 g/mol. The van der Waals surface area contributed by atoms with Crippen molar-refractivity contribution in [3.8, 4) is 16.9 Å². The van der Waals surface area contributed by atoms with Gasteiger partial charge in [0.2, 0.25) is 0 Å². The van der Waals surface area contributed by atoms with E-state index in [0.717, 1.165) is 5.56 Å². The van der Waals surface area contributed by atoms with Crippen LogP contribution in [0.3, 0.4) is 0 Å². The maximum atomic E-state index is 14.3. The Balaban J connectivity index is 1.84. The summed E-state index contributed by atoms with van der Waals surface area (Å²) in [5, 5.41) is 0. The molecule has 0 atom stereocenters. The fourth-order valence-electron chi connectivity index (χ4n) is 2.30. The minimum absolute atomic E-state index is 0.0861. The van der Waals surface area contributed by atoms with Gasteiger partial charge in [-0.15, -0.1) is 0 Å². The zero-order valence-corrected chi connectivity index (χ0v) is 12.3. The third kappa shape index (κ3) is 3.48. The van der Waals surface area contributed by atoms with Crippen molar-refractivity contribution in [3.05, 3.63) is 83.9 Å². The van der Waals surface area contributed by atoms with Crippen LogP contribution in [0.2, 0.25) is 0 Å². The molecule has 0 saturated heterocycles. The van der Waals surface area contributed by atoms with Crippen molar-refractivity contribution in [2.45, 2.75) is 6.61 Å². The summed E-state index contributed by atoms with van der Waals surface area (Å²) >= 11 is 0. The molecule has 23 heavy (non-hydrogen) atoms. The van der Waals surface area contributed by atoms with Gasteiger partial charge in [0.05, 0.1) is 5.56 Å². The topological polar surface area (TPSA) is 35.2 Å². The van der Waals surface area contributed by atoms with Crippen LogP contribution in [-0.2, 0) is 6.61 Å². The summed E-state index contributed by atoms with van der Waals surface area (Å²) in [4.78, 5) is 0. The maximum Gasteiger partial charge on any atom is 0.137 e. The summed E-state index contributed by atoms with van der Waals surface area (Å²) in [6, 6.07) is 18.2. The molecule has 3 rings (SSSR count). The number of hydrogen-bond donors (Lipinski definition) is 1. The lowest BCUT2D eigenvalue weighted by molar-refractivity contribution is 0.303. The average Bonchev–Trinajstić information content (AvgIpc) is 2.55. The molecule has 3 aromatic carbocycles. The van der Waals surface area contributed by atoms with Crippen LogP contribution in [0.4, 0.5) is 14.5 Å². The summed E-state index contributed by atoms with van der Waals surface area (Å²) in [5.41, 5.74) is 7.41. The van der Waals surface area contributed by atoms with E-state index in [9.17, 15) is 8.78 Å². The zero-order valence-electron chi connectivity index (χ0n) is 12.3. The Labute approximate surface area is 133 Å². The summed E-state index contributed by atoms with van der Waals surface area (Å²) < 4.78 is 34.0. The Morgan fingerprint density at radius 3 is 2.04 bits per heavy atom. The van der Waals surface area contributed by atoms with E-state index in [-0.39, 0.29) is 17.9 Å². The Bertz CT molecular complexity index is 778. The Hall–Kier alpha value is -2.88. The predicted molar refractivity (Wildman–Crippen MR) is 87.0 cm³/mol. The van der Waals surface area contributed by atoms with Gasteiger partial charge in [0, 0.05) is 17.8 Å². The summed E-state index contributed by atoms with van der Waals surface area (Å²) in [7, 11) is 0. The number of ether oxygens (including phenoxy) is 1. The van der Waals surface area contributed by atoms with Gasteiger partial charge in [-0.2, -0.15) is 0 Å². The molecule has 0 aliphatic carbocycles. The zero-order chi connectivity index (χ0) is 16.2. The fraction of sp³-hybridized carbons (Fsp3) is 0.0526. The normalized spacial score (nSPS) is 10.5. The first-order valence-corrected chi connectivity index (χ1v) is 7.15. The second-order valence-electron chi connectivity index (χ2n) is 5.16. The number of rotatable bonds is 4. The molecule has 116 valence electrons. The van der Waals surface area contributed by atoms with Crippen LogP contribution in [0.25, 0.3) is 11.1 Å². The van der Waals surface area contributed by atoms with E-state index in [1.54, 1.807) is 24.3 Å². The van der Waals surface area contributed by atoms with Crippen LogP contribution < -0.4 is 10.5 Å². The minimum atomic E-state index is -0.669. The molecule has 0 unspecified atom stereocenters. The monoisotopic (exact) mass is 311 g/mol. The number of hydrogen-bond acceptors (Lipinski definition) is 2. The van der Waals surface area contributed by atoms with Crippen molar-refractivity contribution >= 4 is 5.69 Å². The van der Waals surface area contributed by atoms with Crippen LogP contribution in [0.15, 0.2) is 66.7 Å². The lowest BCUT2D eigenvalue weighted by Gasteiger charge is -2.10. The van der Waals surface area contributed by atoms with Crippen molar-refractivity contribution in [2.75, 3.05) is 5.73 Å². The maximum absolute atomic E-state index is 14.3. The van der Waals surface area contributed by atoms with Gasteiger partial charge >= 0.3 is 0 Å². The number of halogens is 2. The van der Waals surface area contributed by atoms with E-state index in [4.69, 9.17) is 10.5 Å². The molecule has 0 bridgehead atoms. The molecule has 0 heterocycles. The lowest BCUT2D eigenvalue weighted by atomic mass is 10.0. The molecule has 0 radical (unpaired) electrons. The molecule has 0 fully saturated rings. The van der Waals surface area contributed by atoms with Crippen LogP contribution in [0.5, 0.6) is 5.75 Å². The minimum Gasteiger partial charge on any atom is -0.489 e. The van der Waals surface area contributed by atoms with Gasteiger partial charge in [0.1, 0.15) is 24.0 Å². The molecule has 3 aromatic rings. The smallest absolute Gasteiger partial charge is 0.137 e. The number of anilines is 1. The predicted octanol–water partition coefficient (Wildman–Crippen LogP) is 4.79. The lowest BCUT2D eigenvalue weighted by Crippen LogP contribution is -1.98. The highest BCUT2D eigenvalue weighted by Gasteiger charge is 2.14. The van der Waals surface area contributed by atoms with E-state index >= 15 is 0 Å². The fourth-order valence-corrected chi connectivity index (χ4v) is 2.30. The SMILES string of the molecule is Nc1ccc(-c2c(F)cc(OCc3ccccc3)cc2F)cc1.